The highest BCUT2D eigenvalue weighted by atomic mass is 19.1. The number of hydrogen-bond donors (Lipinski definition) is 0. The minimum absolute atomic E-state index is 0.0116. The zero-order valence-corrected chi connectivity index (χ0v) is 21.7. The van der Waals surface area contributed by atoms with Crippen LogP contribution in [0.5, 0.6) is 29.0 Å². The van der Waals surface area contributed by atoms with E-state index >= 15 is 0 Å². The molecule has 0 saturated heterocycles. The lowest BCUT2D eigenvalue weighted by Crippen LogP contribution is -2.29. The highest BCUT2D eigenvalue weighted by Gasteiger charge is 2.54. The fraction of sp³-hybridized carbons (Fsp3) is 0.276. The van der Waals surface area contributed by atoms with Gasteiger partial charge in [0, 0.05) is 49.0 Å². The summed E-state index contributed by atoms with van der Waals surface area (Å²) in [6.07, 6.45) is 4.15. The van der Waals surface area contributed by atoms with Crippen LogP contribution in [0.4, 0.5) is 4.39 Å². The number of benzene rings is 1. The van der Waals surface area contributed by atoms with Gasteiger partial charge in [0.25, 0.3) is 5.88 Å². The molecular weight excluding hydrogens is 505 g/mol. The van der Waals surface area contributed by atoms with Crippen molar-refractivity contribution in [3.63, 3.8) is 0 Å². The minimum atomic E-state index is -1.02. The number of rotatable bonds is 11. The van der Waals surface area contributed by atoms with Gasteiger partial charge in [0.15, 0.2) is 23.1 Å². The first-order valence-electron chi connectivity index (χ1n) is 12.3. The van der Waals surface area contributed by atoms with E-state index < -0.39 is 5.41 Å². The first-order chi connectivity index (χ1) is 18.9. The van der Waals surface area contributed by atoms with Crippen LogP contribution >= 0.6 is 0 Å². The summed E-state index contributed by atoms with van der Waals surface area (Å²) in [5, 5.41) is 0. The predicted octanol–water partition coefficient (Wildman–Crippen LogP) is 4.69. The van der Waals surface area contributed by atoms with E-state index in [-0.39, 0.29) is 42.0 Å². The standard InChI is InChI=1S/C29H26FN3O6/c1-36-22-15-26(39-21-8-11-31-20-14-23(37-2)28(38-3)33-27(20)21)32-16-18(22)13-25(35)29(9-10-29)24(34)12-17-4-6-19(30)7-5-17/h4-8,11,14-16H,9-10,12-13H2,1-3H3. The molecule has 0 atom stereocenters. The molecule has 3 aromatic heterocycles. The van der Waals surface area contributed by atoms with E-state index in [4.69, 9.17) is 18.9 Å². The number of fused-ring (bicyclic) bond motifs is 1. The quantitative estimate of drug-likeness (QED) is 0.255. The molecule has 1 aliphatic carbocycles. The van der Waals surface area contributed by atoms with Gasteiger partial charge in [-0.15, -0.1) is 0 Å². The van der Waals surface area contributed by atoms with Gasteiger partial charge in [-0.05, 0) is 30.5 Å². The van der Waals surface area contributed by atoms with Gasteiger partial charge in [0.2, 0.25) is 5.88 Å². The van der Waals surface area contributed by atoms with Gasteiger partial charge in [0.05, 0.1) is 32.3 Å². The largest absolute Gasteiger partial charge is 0.496 e. The molecular formula is C29H26FN3O6. The van der Waals surface area contributed by atoms with E-state index in [9.17, 15) is 14.0 Å². The van der Waals surface area contributed by atoms with Crippen molar-refractivity contribution >= 4 is 22.6 Å². The average Bonchev–Trinajstić information content (AvgIpc) is 3.77. The third kappa shape index (κ3) is 5.22. The molecule has 0 N–H and O–H groups in total. The van der Waals surface area contributed by atoms with Crippen LogP contribution in [0.1, 0.15) is 24.0 Å². The molecule has 1 saturated carbocycles. The molecule has 5 rings (SSSR count). The van der Waals surface area contributed by atoms with E-state index in [1.54, 1.807) is 36.5 Å². The number of pyridine rings is 3. The summed E-state index contributed by atoms with van der Waals surface area (Å²) in [5.74, 6) is 1.02. The smallest absolute Gasteiger partial charge is 0.257 e. The summed E-state index contributed by atoms with van der Waals surface area (Å²) >= 11 is 0. The Labute approximate surface area is 223 Å². The Bertz CT molecular complexity index is 1550. The van der Waals surface area contributed by atoms with Crippen LogP contribution in [0.3, 0.4) is 0 Å². The molecule has 200 valence electrons. The third-order valence-corrected chi connectivity index (χ3v) is 6.82. The first kappa shape index (κ1) is 26.0. The third-order valence-electron chi connectivity index (χ3n) is 6.82. The summed E-state index contributed by atoms with van der Waals surface area (Å²) in [5.41, 5.74) is 1.19. The number of ketones is 2. The van der Waals surface area contributed by atoms with Crippen LogP contribution in [0.2, 0.25) is 0 Å². The summed E-state index contributed by atoms with van der Waals surface area (Å²) < 4.78 is 35.3. The second-order valence-electron chi connectivity index (χ2n) is 9.22. The van der Waals surface area contributed by atoms with Crippen LogP contribution in [-0.2, 0) is 22.4 Å². The highest BCUT2D eigenvalue weighted by molar-refractivity contribution is 6.11. The molecule has 9 nitrogen and oxygen atoms in total. The van der Waals surface area contributed by atoms with Crippen molar-refractivity contribution in [2.75, 3.05) is 21.3 Å². The Morgan fingerprint density at radius 2 is 1.59 bits per heavy atom. The van der Waals surface area contributed by atoms with Crippen molar-refractivity contribution in [2.24, 2.45) is 5.41 Å². The summed E-state index contributed by atoms with van der Waals surface area (Å²) in [7, 11) is 4.49. The molecule has 1 aliphatic rings. The maximum atomic E-state index is 13.3. The Kier molecular flexibility index (Phi) is 7.10. The SMILES string of the molecule is COc1cc(Oc2ccnc3cc(OC)c(OC)nc23)ncc1CC(=O)C1(C(=O)Cc2ccc(F)cc2)CC1. The van der Waals surface area contributed by atoms with E-state index in [0.29, 0.717) is 52.3 Å². The molecule has 0 bridgehead atoms. The molecule has 0 amide bonds. The number of halogens is 1. The van der Waals surface area contributed by atoms with Gasteiger partial charge in [-0.2, -0.15) is 0 Å². The topological polar surface area (TPSA) is 110 Å². The predicted molar refractivity (Wildman–Crippen MR) is 139 cm³/mol. The van der Waals surface area contributed by atoms with Gasteiger partial charge >= 0.3 is 0 Å². The van der Waals surface area contributed by atoms with Crippen LogP contribution in [0.25, 0.3) is 11.0 Å². The van der Waals surface area contributed by atoms with Crippen molar-refractivity contribution in [2.45, 2.75) is 25.7 Å². The van der Waals surface area contributed by atoms with Crippen LogP contribution in [0, 0.1) is 11.2 Å². The Hall–Kier alpha value is -4.60. The van der Waals surface area contributed by atoms with Crippen molar-refractivity contribution in [1.82, 2.24) is 15.0 Å². The molecule has 39 heavy (non-hydrogen) atoms. The molecule has 1 fully saturated rings. The number of ether oxygens (including phenoxy) is 4. The summed E-state index contributed by atoms with van der Waals surface area (Å²) in [6.45, 7) is 0. The molecule has 0 spiro atoms. The summed E-state index contributed by atoms with van der Waals surface area (Å²) in [6, 6.07) is 10.7. The maximum Gasteiger partial charge on any atom is 0.257 e. The van der Waals surface area contributed by atoms with Crippen LogP contribution < -0.4 is 18.9 Å². The van der Waals surface area contributed by atoms with E-state index in [2.05, 4.69) is 15.0 Å². The molecule has 0 aliphatic heterocycles. The number of carbonyl (C=O) groups is 2. The summed E-state index contributed by atoms with van der Waals surface area (Å²) in [4.78, 5) is 39.4. The lowest BCUT2D eigenvalue weighted by molar-refractivity contribution is -0.133. The second kappa shape index (κ2) is 10.6. The number of aromatic nitrogens is 3. The second-order valence-corrected chi connectivity index (χ2v) is 9.22. The van der Waals surface area contributed by atoms with Crippen molar-refractivity contribution < 1.29 is 32.9 Å². The molecule has 4 aromatic rings. The average molecular weight is 532 g/mol. The van der Waals surface area contributed by atoms with Gasteiger partial charge in [0.1, 0.15) is 17.1 Å². The van der Waals surface area contributed by atoms with E-state index in [1.165, 1.54) is 39.7 Å². The molecule has 3 heterocycles. The molecule has 0 radical (unpaired) electrons. The molecule has 1 aromatic carbocycles. The Morgan fingerprint density at radius 3 is 2.26 bits per heavy atom. The number of methoxy groups -OCH3 is 3. The number of hydrogen-bond acceptors (Lipinski definition) is 9. The van der Waals surface area contributed by atoms with Crippen LogP contribution in [0.15, 0.2) is 54.9 Å². The normalized spacial score (nSPS) is 13.5. The number of nitrogens with zero attached hydrogens (tertiary/aromatic N) is 3. The van der Waals surface area contributed by atoms with Crippen LogP contribution in [-0.4, -0.2) is 47.8 Å². The first-order valence-corrected chi connectivity index (χ1v) is 12.3. The molecule has 0 unspecified atom stereocenters. The van der Waals surface area contributed by atoms with E-state index in [1.807, 2.05) is 0 Å². The maximum absolute atomic E-state index is 13.3. The fourth-order valence-corrected chi connectivity index (χ4v) is 4.46. The van der Waals surface area contributed by atoms with Gasteiger partial charge in [-0.25, -0.2) is 14.4 Å². The van der Waals surface area contributed by atoms with Gasteiger partial charge in [-0.3, -0.25) is 14.6 Å². The molecule has 10 heteroatoms. The van der Waals surface area contributed by atoms with Gasteiger partial charge in [-0.1, -0.05) is 12.1 Å². The zero-order chi connectivity index (χ0) is 27.6. The Morgan fingerprint density at radius 1 is 0.872 bits per heavy atom. The monoisotopic (exact) mass is 531 g/mol. The zero-order valence-electron chi connectivity index (χ0n) is 21.7. The van der Waals surface area contributed by atoms with E-state index in [0.717, 1.165) is 0 Å². The number of carbonyl (C=O) groups excluding carboxylic acids is 2. The lowest BCUT2D eigenvalue weighted by Gasteiger charge is -2.15. The van der Waals surface area contributed by atoms with Crippen molar-refractivity contribution in [3.05, 3.63) is 71.8 Å². The van der Waals surface area contributed by atoms with Crippen molar-refractivity contribution in [3.8, 4) is 29.0 Å². The fourth-order valence-electron chi connectivity index (χ4n) is 4.46. The number of Topliss-reactive ketones (excluding diaryl/α,β-unsaturated/α-hetero) is 2. The lowest BCUT2D eigenvalue weighted by atomic mass is 9.88. The minimum Gasteiger partial charge on any atom is -0.496 e. The van der Waals surface area contributed by atoms with Gasteiger partial charge < -0.3 is 18.9 Å². The highest BCUT2D eigenvalue weighted by Crippen LogP contribution is 2.49. The Balaban J connectivity index is 1.34. The van der Waals surface area contributed by atoms with Crippen molar-refractivity contribution in [1.29, 1.82) is 0 Å².